The maximum absolute atomic E-state index is 10.9. The Kier molecular flexibility index (Phi) is 17.5. The molecule has 0 aliphatic heterocycles. The fourth-order valence-corrected chi connectivity index (χ4v) is 9.68. The van der Waals surface area contributed by atoms with Crippen LogP contribution in [0.15, 0.2) is 202 Å². The number of aromatic nitrogens is 2. The van der Waals surface area contributed by atoms with Crippen molar-refractivity contribution in [2.24, 2.45) is 14.1 Å². The third-order valence-corrected chi connectivity index (χ3v) is 12.5. The van der Waals surface area contributed by atoms with Gasteiger partial charge in [0, 0.05) is 36.5 Å². The predicted octanol–water partition coefficient (Wildman–Crippen LogP) is 5.05. The van der Waals surface area contributed by atoms with Gasteiger partial charge in [-0.2, -0.15) is 0 Å². The Hall–Kier alpha value is -3.86. The maximum Gasteiger partial charge on any atom is 1.00 e. The van der Waals surface area contributed by atoms with Crippen molar-refractivity contribution in [2.75, 3.05) is 0 Å². The van der Waals surface area contributed by atoms with E-state index < -0.39 is 32.7 Å². The molecule has 0 bridgehead atoms. The molecule has 0 aliphatic rings. The monoisotopic (exact) mass is 1070 g/mol. The molecule has 1 radical (unpaired) electrons. The zero-order chi connectivity index (χ0) is 34.4. The van der Waals surface area contributed by atoms with E-state index in [1.807, 2.05) is 0 Å². The summed E-state index contributed by atoms with van der Waals surface area (Å²) in [6.45, 7) is 0. The van der Waals surface area contributed by atoms with Gasteiger partial charge >= 0.3 is 28.1 Å². The Morgan fingerprint density at radius 2 is 0.549 bits per heavy atom. The van der Waals surface area contributed by atoms with Crippen LogP contribution in [0.1, 0.15) is 0 Å². The summed E-state index contributed by atoms with van der Waals surface area (Å²) < 4.78 is 1.75. The first-order chi connectivity index (χ1) is 23.9. The molecular weight excluding hydrogens is 1040 g/mol. The van der Waals surface area contributed by atoms with Crippen LogP contribution in [-0.2, 0) is 58.9 Å². The maximum atomic E-state index is 10.9. The van der Waals surface area contributed by atoms with Crippen LogP contribution >= 0.6 is 15.8 Å². The van der Waals surface area contributed by atoms with Crippen molar-refractivity contribution in [3.05, 3.63) is 219 Å². The third kappa shape index (κ3) is 11.6. The molecule has 0 unspecified atom stereocenters. The number of rotatable bonds is 6. The van der Waals surface area contributed by atoms with Crippen molar-refractivity contribution < 1.29 is 44.8 Å². The van der Waals surface area contributed by atoms with Crippen LogP contribution in [0.5, 0.6) is 0 Å². The van der Waals surface area contributed by atoms with E-state index in [0.717, 1.165) is 15.2 Å². The summed E-state index contributed by atoms with van der Waals surface area (Å²) in [7, 11) is 1.76. The molecule has 5 nitrogen and oxygen atoms in total. The second-order valence-corrected chi connectivity index (χ2v) is 15.3. The standard InChI is InChI=1S/2C18H15P.C6H7N2O3.2Au/c2*1-4-10-16(11-5-1)19(17-12-6-2-7-13-17)18-14-8-3-9-15-18;1-7-4(9)3-5(10)8(2)6(7)11;;/h2*1-15H;3H,1-2H3;;/q;;-1;;+1. The molecule has 0 N–H and O–H groups in total. The molecule has 0 spiro atoms. The molecular formula is C42H37Au2N2O3P2. The molecule has 0 saturated heterocycles. The zero-order valence-electron chi connectivity index (χ0n) is 28.0. The molecule has 1 aromatic heterocycles. The zero-order valence-corrected chi connectivity index (χ0v) is 34.1. The summed E-state index contributed by atoms with van der Waals surface area (Å²) in [5.74, 6) is 0. The largest absolute Gasteiger partial charge is 1.00 e. The molecule has 0 atom stereocenters. The van der Waals surface area contributed by atoms with Gasteiger partial charge in [0.15, 0.2) is 0 Å². The average molecular weight is 1070 g/mol. The topological polar surface area (TPSA) is 61.1 Å². The van der Waals surface area contributed by atoms with Gasteiger partial charge in [-0.3, -0.25) is 9.13 Å². The minimum atomic E-state index is -0.595. The Morgan fingerprint density at radius 1 is 0.373 bits per heavy atom. The third-order valence-electron chi connectivity index (χ3n) is 7.57. The van der Waals surface area contributed by atoms with E-state index in [4.69, 9.17) is 0 Å². The van der Waals surface area contributed by atoms with Gasteiger partial charge in [-0.1, -0.05) is 182 Å². The van der Waals surface area contributed by atoms with Crippen LogP contribution in [0.3, 0.4) is 0 Å². The van der Waals surface area contributed by atoms with E-state index in [9.17, 15) is 14.4 Å². The molecule has 9 heteroatoms. The average Bonchev–Trinajstić information content (AvgIpc) is 3.17. The molecule has 7 rings (SSSR count). The molecule has 51 heavy (non-hydrogen) atoms. The second-order valence-electron chi connectivity index (χ2n) is 10.9. The fraction of sp³-hybridized carbons (Fsp3) is 0.0476. The van der Waals surface area contributed by atoms with Gasteiger partial charge in [0.25, 0.3) is 0 Å². The van der Waals surface area contributed by atoms with Crippen molar-refractivity contribution in [1.82, 2.24) is 9.13 Å². The van der Waals surface area contributed by atoms with Gasteiger partial charge in [-0.15, -0.1) is 0 Å². The molecule has 0 fully saturated rings. The molecule has 0 saturated carbocycles. The van der Waals surface area contributed by atoms with E-state index in [0.29, 0.717) is 0 Å². The van der Waals surface area contributed by atoms with Crippen molar-refractivity contribution in [2.45, 2.75) is 0 Å². The van der Waals surface area contributed by atoms with Crippen molar-refractivity contribution in [3.8, 4) is 0 Å². The van der Waals surface area contributed by atoms with Gasteiger partial charge < -0.3 is 9.59 Å². The summed E-state index contributed by atoms with van der Waals surface area (Å²) in [6.07, 6.45) is 0. The molecule has 0 amide bonds. The van der Waals surface area contributed by atoms with Crippen molar-refractivity contribution in [1.29, 1.82) is 0 Å². The quantitative estimate of drug-likeness (QED) is 0.133. The van der Waals surface area contributed by atoms with Crippen LogP contribution in [-0.4, -0.2) is 9.13 Å². The first-order valence-corrected chi connectivity index (χ1v) is 18.5. The SMILES string of the molecule is Cn1c(=O)[cH-]c(=O)n(C)c1=O.[Au+].[Au].c1ccc(P(c2ccccc2)c2ccccc2)cc1.c1ccc(P(c2ccccc2)c2ccccc2)cc1. The normalized spacial score (nSPS) is 10.0. The Labute approximate surface area is 332 Å². The van der Waals surface area contributed by atoms with E-state index in [2.05, 4.69) is 182 Å². The van der Waals surface area contributed by atoms with Gasteiger partial charge in [-0.05, 0) is 47.7 Å². The summed E-state index contributed by atoms with van der Waals surface area (Å²) in [4.78, 5) is 32.5. The van der Waals surface area contributed by atoms with Crippen LogP contribution in [0.25, 0.3) is 0 Å². The molecule has 6 aromatic carbocycles. The van der Waals surface area contributed by atoms with E-state index in [1.54, 1.807) is 0 Å². The number of benzene rings is 6. The molecule has 7 aromatic rings. The predicted molar refractivity (Wildman–Crippen MR) is 209 cm³/mol. The second kappa shape index (κ2) is 21.5. The molecule has 265 valence electrons. The summed E-state index contributed by atoms with van der Waals surface area (Å²) in [5, 5.41) is 8.39. The number of hydrogen-bond acceptors (Lipinski definition) is 3. The minimum Gasteiger partial charge on any atom is -0.310 e. The fourth-order valence-electron chi connectivity index (χ4n) is 5.07. The van der Waals surface area contributed by atoms with Crippen LogP contribution < -0.4 is 48.6 Å². The van der Waals surface area contributed by atoms with Crippen molar-refractivity contribution >= 4 is 47.7 Å². The Morgan fingerprint density at radius 3 is 0.725 bits per heavy atom. The first kappa shape index (κ1) is 41.6. The summed E-state index contributed by atoms with van der Waals surface area (Å²) >= 11 is 0. The van der Waals surface area contributed by atoms with E-state index in [1.165, 1.54) is 45.9 Å². The van der Waals surface area contributed by atoms with Crippen LogP contribution in [0.4, 0.5) is 0 Å². The first-order valence-electron chi connectivity index (χ1n) is 15.8. The molecule has 0 aliphatic carbocycles. The van der Waals surface area contributed by atoms with Crippen molar-refractivity contribution in [3.63, 3.8) is 0 Å². The van der Waals surface area contributed by atoms with E-state index >= 15 is 0 Å². The Balaban J connectivity index is 0.000000210. The van der Waals surface area contributed by atoms with Gasteiger partial charge in [-0.25, -0.2) is 10.9 Å². The smallest absolute Gasteiger partial charge is 0.310 e. The van der Waals surface area contributed by atoms with E-state index in [-0.39, 0.29) is 44.8 Å². The number of hydrogen-bond donors (Lipinski definition) is 0. The van der Waals surface area contributed by atoms with Crippen LogP contribution in [0.2, 0.25) is 0 Å². The molecule has 1 heterocycles. The Bertz CT molecular complexity index is 1860. The minimum absolute atomic E-state index is 0. The van der Waals surface area contributed by atoms with Gasteiger partial charge in [0.2, 0.25) is 0 Å². The summed E-state index contributed by atoms with van der Waals surface area (Å²) in [6, 6.07) is 65.5. The summed E-state index contributed by atoms with van der Waals surface area (Å²) in [5.41, 5.74) is -1.74. The van der Waals surface area contributed by atoms with Gasteiger partial charge in [0.05, 0.1) is 0 Å². The van der Waals surface area contributed by atoms with Crippen LogP contribution in [0, 0.1) is 0 Å². The number of nitrogens with zero attached hydrogens (tertiary/aromatic N) is 2. The van der Waals surface area contributed by atoms with Gasteiger partial charge in [0.1, 0.15) is 11.1 Å².